The first-order valence-corrected chi connectivity index (χ1v) is 9.08. The molecule has 142 valence electrons. The predicted octanol–water partition coefficient (Wildman–Crippen LogP) is 4.35. The zero-order chi connectivity index (χ0) is 19.7. The van der Waals surface area contributed by atoms with Crippen LogP contribution in [0.2, 0.25) is 0 Å². The maximum Gasteiger partial charge on any atom is 0.157 e. The Hall–Kier alpha value is -3.41. The maximum atomic E-state index is 13.9. The van der Waals surface area contributed by atoms with E-state index in [0.29, 0.717) is 5.82 Å². The van der Waals surface area contributed by atoms with Gasteiger partial charge in [-0.3, -0.25) is 0 Å². The first kappa shape index (κ1) is 18.0. The molecule has 1 aliphatic heterocycles. The van der Waals surface area contributed by atoms with Crippen molar-refractivity contribution in [3.05, 3.63) is 72.0 Å². The van der Waals surface area contributed by atoms with Crippen molar-refractivity contribution in [1.29, 1.82) is 0 Å². The lowest BCUT2D eigenvalue weighted by Gasteiger charge is -2.21. The molecular weight excluding hydrogens is 355 g/mol. The lowest BCUT2D eigenvalue weighted by atomic mass is 10.1. The molecule has 2 N–H and O–H groups in total. The predicted molar refractivity (Wildman–Crippen MR) is 110 cm³/mol. The molecule has 1 aliphatic rings. The maximum absolute atomic E-state index is 13.9. The Morgan fingerprint density at radius 3 is 2.86 bits per heavy atom. The highest BCUT2D eigenvalue weighted by Gasteiger charge is 2.25. The second-order valence-corrected chi connectivity index (χ2v) is 6.66. The summed E-state index contributed by atoms with van der Waals surface area (Å²) >= 11 is 0. The van der Waals surface area contributed by atoms with Crippen molar-refractivity contribution in [3.63, 3.8) is 0 Å². The minimum absolute atomic E-state index is 0.258. The molecule has 0 saturated carbocycles. The Morgan fingerprint density at radius 1 is 1.21 bits per heavy atom. The number of fused-ring (bicyclic) bond motifs is 2. The zero-order valence-electron chi connectivity index (χ0n) is 15.8. The van der Waals surface area contributed by atoms with Gasteiger partial charge in [-0.1, -0.05) is 12.1 Å². The number of hydrogen-bond donors (Lipinski definition) is 1. The van der Waals surface area contributed by atoms with E-state index in [-0.39, 0.29) is 5.82 Å². The van der Waals surface area contributed by atoms with Gasteiger partial charge in [-0.15, -0.1) is 0 Å². The average Bonchev–Trinajstić information content (AvgIpc) is 3.13. The van der Waals surface area contributed by atoms with Crippen molar-refractivity contribution in [2.75, 3.05) is 18.6 Å². The summed E-state index contributed by atoms with van der Waals surface area (Å²) in [6, 6.07) is 10.6. The molecule has 28 heavy (non-hydrogen) atoms. The van der Waals surface area contributed by atoms with E-state index in [1.165, 1.54) is 12.3 Å². The molecule has 0 fully saturated rings. The molecule has 0 aliphatic carbocycles. The van der Waals surface area contributed by atoms with Crippen LogP contribution >= 0.6 is 0 Å². The van der Waals surface area contributed by atoms with Gasteiger partial charge in [0.05, 0.1) is 12.6 Å². The van der Waals surface area contributed by atoms with Crippen LogP contribution in [-0.2, 0) is 6.42 Å². The molecule has 0 unspecified atom stereocenters. The van der Waals surface area contributed by atoms with E-state index in [2.05, 4.69) is 4.90 Å². The quantitative estimate of drug-likeness (QED) is 0.686. The van der Waals surface area contributed by atoms with Crippen molar-refractivity contribution in [1.82, 2.24) is 9.97 Å². The third kappa shape index (κ3) is 3.17. The Kier molecular flexibility index (Phi) is 4.69. The smallest absolute Gasteiger partial charge is 0.157 e. The van der Waals surface area contributed by atoms with Crippen LogP contribution in [0, 0.1) is 5.82 Å². The van der Waals surface area contributed by atoms with E-state index in [4.69, 9.17) is 20.4 Å². The van der Waals surface area contributed by atoms with Gasteiger partial charge in [0, 0.05) is 17.6 Å². The molecule has 0 saturated heterocycles. The summed E-state index contributed by atoms with van der Waals surface area (Å²) in [5, 5.41) is 0.863. The average molecular weight is 376 g/mol. The first-order chi connectivity index (χ1) is 13.6. The van der Waals surface area contributed by atoms with Gasteiger partial charge in [-0.2, -0.15) is 0 Å². The molecular formula is C22H21FN4O. The summed E-state index contributed by atoms with van der Waals surface area (Å²) in [5.74, 6) is 1.82. The summed E-state index contributed by atoms with van der Waals surface area (Å²) in [6.45, 7) is 2.67. The number of rotatable bonds is 4. The molecule has 0 bridgehead atoms. The van der Waals surface area contributed by atoms with Gasteiger partial charge in [0.15, 0.2) is 5.82 Å². The van der Waals surface area contributed by atoms with E-state index in [0.717, 1.165) is 52.3 Å². The highest BCUT2D eigenvalue weighted by molar-refractivity contribution is 5.94. The molecule has 0 spiro atoms. The largest absolute Gasteiger partial charge is 0.497 e. The second kappa shape index (κ2) is 7.31. The SMILES string of the molecule is COc1ccc2nc(/C(C)=C/C=C\N)nc(N3CCc4ccc(F)cc43)c2c1. The van der Waals surface area contributed by atoms with Crippen LogP contribution < -0.4 is 15.4 Å². The summed E-state index contributed by atoms with van der Waals surface area (Å²) in [6.07, 6.45) is 5.92. The van der Waals surface area contributed by atoms with Crippen LogP contribution in [-0.4, -0.2) is 23.6 Å². The molecule has 1 aromatic heterocycles. The van der Waals surface area contributed by atoms with Gasteiger partial charge in [-0.25, -0.2) is 14.4 Å². The fourth-order valence-corrected chi connectivity index (χ4v) is 3.45. The highest BCUT2D eigenvalue weighted by atomic mass is 19.1. The van der Waals surface area contributed by atoms with E-state index < -0.39 is 0 Å². The number of allylic oxidation sites excluding steroid dienone is 3. The standard InChI is InChI=1S/C22H21FN4O/c1-14(4-3-10-24)21-25-19-8-7-17(28-2)13-18(19)22(26-21)27-11-9-15-5-6-16(23)12-20(15)27/h3-8,10,12-13H,9,11,24H2,1-2H3/b10-3-,14-4+. The molecule has 2 heterocycles. The van der Waals surface area contributed by atoms with Crippen molar-refractivity contribution in [3.8, 4) is 5.75 Å². The number of nitrogens with two attached hydrogens (primary N) is 1. The van der Waals surface area contributed by atoms with Crippen LogP contribution in [0.4, 0.5) is 15.9 Å². The monoisotopic (exact) mass is 376 g/mol. The van der Waals surface area contributed by atoms with E-state index >= 15 is 0 Å². The normalized spacial score (nSPS) is 14.1. The summed E-state index contributed by atoms with van der Waals surface area (Å²) < 4.78 is 19.3. The molecule has 0 amide bonds. The lowest BCUT2D eigenvalue weighted by molar-refractivity contribution is 0.415. The summed E-state index contributed by atoms with van der Waals surface area (Å²) in [5.41, 5.74) is 9.09. The minimum atomic E-state index is -0.258. The fourth-order valence-electron chi connectivity index (χ4n) is 3.45. The number of hydrogen-bond acceptors (Lipinski definition) is 5. The zero-order valence-corrected chi connectivity index (χ0v) is 15.8. The van der Waals surface area contributed by atoms with E-state index in [1.54, 1.807) is 19.3 Å². The van der Waals surface area contributed by atoms with Crippen molar-refractivity contribution in [2.24, 2.45) is 5.73 Å². The second-order valence-electron chi connectivity index (χ2n) is 6.66. The molecule has 0 radical (unpaired) electrons. The number of anilines is 2. The van der Waals surface area contributed by atoms with Gasteiger partial charge in [0.2, 0.25) is 0 Å². The van der Waals surface area contributed by atoms with Crippen molar-refractivity contribution >= 4 is 28.0 Å². The van der Waals surface area contributed by atoms with Gasteiger partial charge in [0.25, 0.3) is 0 Å². The van der Waals surface area contributed by atoms with Crippen LogP contribution in [0.25, 0.3) is 16.5 Å². The Balaban J connectivity index is 1.94. The van der Waals surface area contributed by atoms with Crippen molar-refractivity contribution < 1.29 is 9.13 Å². The molecule has 0 atom stereocenters. The third-order valence-corrected chi connectivity index (χ3v) is 4.89. The number of ether oxygens (including phenoxy) is 1. The highest BCUT2D eigenvalue weighted by Crippen LogP contribution is 2.38. The Morgan fingerprint density at radius 2 is 2.07 bits per heavy atom. The summed E-state index contributed by atoms with van der Waals surface area (Å²) in [7, 11) is 1.63. The molecule has 5 nitrogen and oxygen atoms in total. The van der Waals surface area contributed by atoms with Gasteiger partial charge < -0.3 is 15.4 Å². The topological polar surface area (TPSA) is 64.3 Å². The Labute approximate surface area is 163 Å². The van der Waals surface area contributed by atoms with E-state index in [1.807, 2.05) is 37.3 Å². The summed E-state index contributed by atoms with van der Waals surface area (Å²) in [4.78, 5) is 11.6. The fraction of sp³-hybridized carbons (Fsp3) is 0.182. The van der Waals surface area contributed by atoms with Gasteiger partial charge in [0.1, 0.15) is 17.4 Å². The minimum Gasteiger partial charge on any atom is -0.497 e. The molecule has 3 aromatic rings. The lowest BCUT2D eigenvalue weighted by Crippen LogP contribution is -2.16. The third-order valence-electron chi connectivity index (χ3n) is 4.89. The number of methoxy groups -OCH3 is 1. The Bertz CT molecular complexity index is 1110. The number of aromatic nitrogens is 2. The van der Waals surface area contributed by atoms with Gasteiger partial charge in [-0.05, 0) is 67.1 Å². The number of halogens is 1. The molecule has 6 heteroatoms. The first-order valence-electron chi connectivity index (χ1n) is 9.08. The van der Waals surface area contributed by atoms with Crippen molar-refractivity contribution in [2.45, 2.75) is 13.3 Å². The van der Waals surface area contributed by atoms with E-state index in [9.17, 15) is 4.39 Å². The number of benzene rings is 2. The molecule has 4 rings (SSSR count). The van der Waals surface area contributed by atoms with Crippen LogP contribution in [0.1, 0.15) is 18.3 Å². The van der Waals surface area contributed by atoms with Crippen LogP contribution in [0.5, 0.6) is 5.75 Å². The van der Waals surface area contributed by atoms with Crippen LogP contribution in [0.3, 0.4) is 0 Å². The molecule has 2 aromatic carbocycles. The van der Waals surface area contributed by atoms with Crippen LogP contribution in [0.15, 0.2) is 54.8 Å². The van der Waals surface area contributed by atoms with Gasteiger partial charge >= 0.3 is 0 Å². The number of nitrogens with zero attached hydrogens (tertiary/aromatic N) is 3.